The van der Waals surface area contributed by atoms with Crippen molar-refractivity contribution in [2.45, 2.75) is 50.0 Å². The van der Waals surface area contributed by atoms with Crippen molar-refractivity contribution in [2.24, 2.45) is 0 Å². The Balaban J connectivity index is 1.53. The quantitative estimate of drug-likeness (QED) is 0.317. The van der Waals surface area contributed by atoms with E-state index in [4.69, 9.17) is 9.84 Å². The number of amides is 1. The summed E-state index contributed by atoms with van der Waals surface area (Å²) < 4.78 is 8.00. The summed E-state index contributed by atoms with van der Waals surface area (Å²) in [5.74, 6) is -0.420. The number of ether oxygens (including phenoxy) is 1. The van der Waals surface area contributed by atoms with Gasteiger partial charge in [-0.3, -0.25) is 0 Å². The van der Waals surface area contributed by atoms with Gasteiger partial charge in [-0.25, -0.2) is 0 Å². The molecule has 0 spiro atoms. The van der Waals surface area contributed by atoms with Gasteiger partial charge in [-0.1, -0.05) is 0 Å². The number of fused-ring (bicyclic) bond motifs is 1. The number of aromatic nitrogens is 1. The van der Waals surface area contributed by atoms with Crippen LogP contribution in [0, 0.1) is 0 Å². The van der Waals surface area contributed by atoms with Gasteiger partial charge in [-0.15, -0.1) is 0 Å². The van der Waals surface area contributed by atoms with Crippen LogP contribution in [0.4, 0.5) is 0 Å². The average Bonchev–Trinajstić information content (AvgIpc) is 2.98. The molecule has 1 fully saturated rings. The van der Waals surface area contributed by atoms with Gasteiger partial charge >= 0.3 is 160 Å². The SMILES string of the molecule is O=C(CCCn1[se]c2ccccc2c1=O)N[C@@H]1O[C@H](CO)[C@H](O)[C@H](O)[C@H]1O. The molecule has 1 aliphatic heterocycles. The Morgan fingerprint density at radius 3 is 2.63 bits per heavy atom. The molecule has 5 atom stereocenters. The fraction of sp³-hybridized carbons (Fsp3) is 0.529. The van der Waals surface area contributed by atoms with Gasteiger partial charge in [0.05, 0.1) is 0 Å². The molecule has 10 heteroatoms. The van der Waals surface area contributed by atoms with E-state index < -0.39 is 43.2 Å². The van der Waals surface area contributed by atoms with E-state index in [0.717, 1.165) is 4.26 Å². The molecular formula is C17H22N2O7Se. The molecule has 5 N–H and O–H groups in total. The minimum absolute atomic E-state index is 0.0278. The Hall–Kier alpha value is -1.52. The number of nitrogens with one attached hydrogen (secondary N) is 1. The molecule has 1 aliphatic rings. The monoisotopic (exact) mass is 446 g/mol. The molecule has 9 nitrogen and oxygen atoms in total. The van der Waals surface area contributed by atoms with Crippen LogP contribution in [-0.2, 0) is 16.1 Å². The number of hydrogen-bond acceptors (Lipinski definition) is 7. The van der Waals surface area contributed by atoms with Crippen LogP contribution in [0.5, 0.6) is 0 Å². The summed E-state index contributed by atoms with van der Waals surface area (Å²) in [4.78, 5) is 24.4. The van der Waals surface area contributed by atoms with Crippen LogP contribution in [0.3, 0.4) is 0 Å². The van der Waals surface area contributed by atoms with E-state index in [0.29, 0.717) is 18.4 Å². The first-order valence-electron chi connectivity index (χ1n) is 8.61. The first-order valence-corrected chi connectivity index (χ1v) is 10.2. The van der Waals surface area contributed by atoms with Crippen molar-refractivity contribution in [1.82, 2.24) is 8.88 Å². The summed E-state index contributed by atoms with van der Waals surface area (Å²) in [5, 5.41) is 41.7. The third-order valence-corrected chi connectivity index (χ3v) is 6.87. The third kappa shape index (κ3) is 4.33. The number of nitrogens with zero attached hydrogens (tertiary/aromatic N) is 1. The number of carbonyl (C=O) groups excluding carboxylic acids is 1. The van der Waals surface area contributed by atoms with E-state index in [-0.39, 0.29) is 26.7 Å². The normalized spacial score (nSPS) is 28.4. The number of aliphatic hydroxyl groups is 4. The first-order chi connectivity index (χ1) is 12.9. The fourth-order valence-electron chi connectivity index (χ4n) is 3.00. The number of aliphatic hydroxyl groups excluding tert-OH is 4. The molecule has 3 rings (SSSR count). The molecule has 1 amide bonds. The predicted octanol–water partition coefficient (Wildman–Crippen LogP) is -2.25. The first kappa shape index (κ1) is 20.2. The molecule has 27 heavy (non-hydrogen) atoms. The van der Waals surface area contributed by atoms with Crippen LogP contribution in [-0.4, -0.2) is 81.9 Å². The Bertz CT molecular complexity index is 849. The van der Waals surface area contributed by atoms with Crippen LogP contribution in [0.2, 0.25) is 0 Å². The van der Waals surface area contributed by atoms with E-state index >= 15 is 0 Å². The molecular weight excluding hydrogens is 423 g/mol. The second-order valence-corrected chi connectivity index (χ2v) is 8.65. The standard InChI is InChI=1S/C17H22N2O7Se/c20-8-10-13(22)14(23)15(24)16(26-10)18-12(21)6-3-7-19-17(25)9-4-1-2-5-11(9)27-19/h1-2,4-5,10,13-16,20,22-24H,3,6-8H2,(H,18,21)/t10-,13+,14+,15-,16-/m1/s1. The van der Waals surface area contributed by atoms with Crippen molar-refractivity contribution in [3.63, 3.8) is 0 Å². The van der Waals surface area contributed by atoms with Crippen molar-refractivity contribution in [3.8, 4) is 0 Å². The van der Waals surface area contributed by atoms with Gasteiger partial charge in [0.15, 0.2) is 0 Å². The molecule has 148 valence electrons. The van der Waals surface area contributed by atoms with Crippen molar-refractivity contribution in [3.05, 3.63) is 34.6 Å². The summed E-state index contributed by atoms with van der Waals surface area (Å²) in [6.07, 6.45) is -6.28. The maximum atomic E-state index is 12.3. The summed E-state index contributed by atoms with van der Waals surface area (Å²) in [5.41, 5.74) is -0.0278. The van der Waals surface area contributed by atoms with Gasteiger partial charge in [0.25, 0.3) is 0 Å². The molecule has 0 bridgehead atoms. The zero-order valence-corrected chi connectivity index (χ0v) is 16.1. The summed E-state index contributed by atoms with van der Waals surface area (Å²) in [7, 11) is 0. The van der Waals surface area contributed by atoms with Gasteiger partial charge in [-0.2, -0.15) is 0 Å². The zero-order valence-electron chi connectivity index (χ0n) is 14.4. The van der Waals surface area contributed by atoms with Gasteiger partial charge in [0.2, 0.25) is 0 Å². The van der Waals surface area contributed by atoms with E-state index in [9.17, 15) is 24.9 Å². The minimum atomic E-state index is -1.54. The molecule has 2 heterocycles. The van der Waals surface area contributed by atoms with Gasteiger partial charge in [0, 0.05) is 0 Å². The Morgan fingerprint density at radius 2 is 1.93 bits per heavy atom. The molecule has 0 saturated carbocycles. The van der Waals surface area contributed by atoms with Crippen LogP contribution in [0.1, 0.15) is 12.8 Å². The third-order valence-electron chi connectivity index (χ3n) is 4.51. The van der Waals surface area contributed by atoms with Gasteiger partial charge in [0.1, 0.15) is 0 Å². The molecule has 1 saturated heterocycles. The second-order valence-electron chi connectivity index (χ2n) is 6.42. The van der Waals surface area contributed by atoms with Gasteiger partial charge < -0.3 is 0 Å². The fourth-order valence-corrected chi connectivity index (χ4v) is 5.17. The number of aryl methyl sites for hydroxylation is 1. The van der Waals surface area contributed by atoms with E-state index in [1.54, 1.807) is 9.63 Å². The van der Waals surface area contributed by atoms with Gasteiger partial charge in [-0.05, 0) is 0 Å². The predicted molar refractivity (Wildman–Crippen MR) is 96.3 cm³/mol. The molecule has 0 aliphatic carbocycles. The number of rotatable bonds is 6. The Morgan fingerprint density at radius 1 is 1.19 bits per heavy atom. The summed E-state index contributed by atoms with van der Waals surface area (Å²) >= 11 is -0.0958. The van der Waals surface area contributed by atoms with Crippen LogP contribution in [0.15, 0.2) is 29.1 Å². The second kappa shape index (κ2) is 8.66. The van der Waals surface area contributed by atoms with Crippen molar-refractivity contribution < 1.29 is 30.0 Å². The summed E-state index contributed by atoms with van der Waals surface area (Å²) in [6, 6.07) is 7.44. The van der Waals surface area contributed by atoms with Crippen LogP contribution in [0.25, 0.3) is 9.65 Å². The Kier molecular flexibility index (Phi) is 6.48. The molecule has 2 aromatic rings. The number of benzene rings is 1. The van der Waals surface area contributed by atoms with Crippen LogP contribution < -0.4 is 10.9 Å². The van der Waals surface area contributed by atoms with E-state index in [1.807, 2.05) is 18.2 Å². The van der Waals surface area contributed by atoms with E-state index in [1.165, 1.54) is 0 Å². The van der Waals surface area contributed by atoms with Crippen molar-refractivity contribution >= 4 is 30.3 Å². The van der Waals surface area contributed by atoms with Crippen molar-refractivity contribution in [1.29, 1.82) is 0 Å². The zero-order chi connectivity index (χ0) is 19.6. The Labute approximate surface area is 160 Å². The molecule has 0 unspecified atom stereocenters. The summed E-state index contributed by atoms with van der Waals surface area (Å²) in [6.45, 7) is -0.118. The maximum absolute atomic E-state index is 12.3. The molecule has 1 aromatic heterocycles. The molecule has 1 aromatic carbocycles. The van der Waals surface area contributed by atoms with Crippen molar-refractivity contribution in [2.75, 3.05) is 6.61 Å². The average molecular weight is 445 g/mol. The van der Waals surface area contributed by atoms with Crippen LogP contribution >= 0.6 is 0 Å². The van der Waals surface area contributed by atoms with E-state index in [2.05, 4.69) is 5.32 Å². The number of hydrogen-bond donors (Lipinski definition) is 5. The number of carbonyl (C=O) groups is 1. The topological polar surface area (TPSA) is 141 Å². The molecule has 0 radical (unpaired) electrons.